The first-order chi connectivity index (χ1) is 15.7. The van der Waals surface area contributed by atoms with Gasteiger partial charge in [-0.15, -0.1) is 0 Å². The normalized spacial score (nSPS) is 12.3. The summed E-state index contributed by atoms with van der Waals surface area (Å²) < 4.78 is 33.0. The summed E-state index contributed by atoms with van der Waals surface area (Å²) in [5, 5.41) is 3.43. The first kappa shape index (κ1) is 24.6. The van der Waals surface area contributed by atoms with Crippen molar-refractivity contribution in [2.45, 2.75) is 10.9 Å². The molecule has 7 nitrogen and oxygen atoms in total. The third-order valence-electron chi connectivity index (χ3n) is 5.08. The van der Waals surface area contributed by atoms with Crippen LogP contribution in [0.3, 0.4) is 0 Å². The van der Waals surface area contributed by atoms with Crippen LogP contribution in [-0.4, -0.2) is 47.0 Å². The second-order valence-corrected chi connectivity index (χ2v) is 9.72. The van der Waals surface area contributed by atoms with Crippen molar-refractivity contribution in [3.05, 3.63) is 88.9 Å². The SMILES string of the molecule is COc1cccc(C(CNC(=O)c2ccc(S(=O)(=O)Nc3ccc(Cl)cc3)cc2)N(C)C)c1. The number of likely N-dealkylation sites (N-methyl/N-ethyl adjacent to an activating group) is 1. The highest BCUT2D eigenvalue weighted by molar-refractivity contribution is 7.92. The molecular formula is C24H26ClN3O4S. The zero-order chi connectivity index (χ0) is 24.0. The van der Waals surface area contributed by atoms with E-state index in [0.29, 0.717) is 22.8 Å². The van der Waals surface area contributed by atoms with E-state index in [-0.39, 0.29) is 16.8 Å². The van der Waals surface area contributed by atoms with Gasteiger partial charge in [-0.2, -0.15) is 0 Å². The second-order valence-electron chi connectivity index (χ2n) is 7.60. The van der Waals surface area contributed by atoms with E-state index >= 15 is 0 Å². The molecule has 0 radical (unpaired) electrons. The Bertz CT molecular complexity index is 1200. The maximum atomic E-state index is 12.7. The Morgan fingerprint density at radius 1 is 1.03 bits per heavy atom. The third-order valence-corrected chi connectivity index (χ3v) is 6.73. The number of halogens is 1. The van der Waals surface area contributed by atoms with Gasteiger partial charge in [-0.3, -0.25) is 9.52 Å². The zero-order valence-electron chi connectivity index (χ0n) is 18.6. The lowest BCUT2D eigenvalue weighted by atomic mass is 10.1. The van der Waals surface area contributed by atoms with Gasteiger partial charge in [-0.25, -0.2) is 8.42 Å². The van der Waals surface area contributed by atoms with Crippen molar-refractivity contribution >= 4 is 33.2 Å². The minimum absolute atomic E-state index is 0.0524. The highest BCUT2D eigenvalue weighted by Crippen LogP contribution is 2.23. The van der Waals surface area contributed by atoms with Crippen LogP contribution in [-0.2, 0) is 10.0 Å². The maximum Gasteiger partial charge on any atom is 0.261 e. The third kappa shape index (κ3) is 6.47. The van der Waals surface area contributed by atoms with Gasteiger partial charge in [0.15, 0.2) is 0 Å². The average Bonchev–Trinajstić information content (AvgIpc) is 2.80. The molecule has 3 aromatic carbocycles. The van der Waals surface area contributed by atoms with Gasteiger partial charge in [-0.1, -0.05) is 23.7 Å². The number of ether oxygens (including phenoxy) is 1. The topological polar surface area (TPSA) is 87.7 Å². The van der Waals surface area contributed by atoms with Crippen molar-refractivity contribution in [1.29, 1.82) is 0 Å². The smallest absolute Gasteiger partial charge is 0.261 e. The number of nitrogens with zero attached hydrogens (tertiary/aromatic N) is 1. The average molecular weight is 488 g/mol. The van der Waals surface area contributed by atoms with Crippen molar-refractivity contribution in [1.82, 2.24) is 10.2 Å². The van der Waals surface area contributed by atoms with Gasteiger partial charge in [-0.05, 0) is 80.3 Å². The molecule has 0 bridgehead atoms. The van der Waals surface area contributed by atoms with Crippen LogP contribution in [0.15, 0.2) is 77.7 Å². The summed E-state index contributed by atoms with van der Waals surface area (Å²) >= 11 is 5.83. The second kappa shape index (κ2) is 10.7. The van der Waals surface area contributed by atoms with Crippen LogP contribution in [0.2, 0.25) is 5.02 Å². The van der Waals surface area contributed by atoms with Crippen molar-refractivity contribution in [3.8, 4) is 5.75 Å². The molecule has 0 spiro atoms. The maximum absolute atomic E-state index is 12.7. The van der Waals surface area contributed by atoms with Gasteiger partial charge in [0, 0.05) is 22.8 Å². The van der Waals surface area contributed by atoms with Crippen molar-refractivity contribution < 1.29 is 17.9 Å². The number of carbonyl (C=O) groups excluding carboxylic acids is 1. The van der Waals surface area contributed by atoms with Gasteiger partial charge in [0.1, 0.15) is 5.75 Å². The lowest BCUT2D eigenvalue weighted by molar-refractivity contribution is 0.0942. The molecule has 33 heavy (non-hydrogen) atoms. The Balaban J connectivity index is 1.67. The Morgan fingerprint density at radius 2 is 1.70 bits per heavy atom. The number of hydrogen-bond acceptors (Lipinski definition) is 5. The largest absolute Gasteiger partial charge is 0.497 e. The molecule has 0 aromatic heterocycles. The fourth-order valence-electron chi connectivity index (χ4n) is 3.26. The van der Waals surface area contributed by atoms with E-state index in [1.165, 1.54) is 24.3 Å². The van der Waals surface area contributed by atoms with Gasteiger partial charge in [0.05, 0.1) is 18.0 Å². The number of nitrogens with one attached hydrogen (secondary N) is 2. The molecule has 1 atom stereocenters. The standard InChI is InChI=1S/C24H26ClN3O4S/c1-28(2)23(18-5-4-6-21(15-18)32-3)16-26-24(29)17-7-13-22(14-8-17)33(30,31)27-20-11-9-19(25)10-12-20/h4-15,23,27H,16H2,1-3H3,(H,26,29). The van der Waals surface area contributed by atoms with Crippen LogP contribution in [0.5, 0.6) is 5.75 Å². The summed E-state index contributed by atoms with van der Waals surface area (Å²) in [7, 11) is 1.69. The van der Waals surface area contributed by atoms with E-state index in [2.05, 4.69) is 10.0 Å². The highest BCUT2D eigenvalue weighted by Gasteiger charge is 2.18. The highest BCUT2D eigenvalue weighted by atomic mass is 35.5. The molecule has 0 aliphatic carbocycles. The van der Waals surface area contributed by atoms with Gasteiger partial charge in [0.2, 0.25) is 0 Å². The van der Waals surface area contributed by atoms with Crippen molar-refractivity contribution in [3.63, 3.8) is 0 Å². The predicted octanol–water partition coefficient (Wildman–Crippen LogP) is 4.18. The first-order valence-electron chi connectivity index (χ1n) is 10.2. The number of rotatable bonds is 9. The summed E-state index contributed by atoms with van der Waals surface area (Å²) in [6, 6.07) is 19.7. The molecule has 0 saturated carbocycles. The molecule has 174 valence electrons. The Hall–Kier alpha value is -3.07. The Labute approximate surface area is 199 Å². The number of hydrogen-bond donors (Lipinski definition) is 2. The summed E-state index contributed by atoms with van der Waals surface area (Å²) in [6.07, 6.45) is 0. The number of anilines is 1. The number of amides is 1. The lowest BCUT2D eigenvalue weighted by Crippen LogP contribution is -2.34. The molecule has 9 heteroatoms. The van der Waals surface area contributed by atoms with E-state index in [1.54, 1.807) is 31.4 Å². The monoisotopic (exact) mass is 487 g/mol. The molecule has 0 heterocycles. The van der Waals surface area contributed by atoms with Gasteiger partial charge in [0.25, 0.3) is 15.9 Å². The predicted molar refractivity (Wildman–Crippen MR) is 130 cm³/mol. The number of benzene rings is 3. The minimum atomic E-state index is -3.79. The molecule has 0 saturated heterocycles. The van der Waals surface area contributed by atoms with Crippen LogP contribution in [0.4, 0.5) is 5.69 Å². The number of methoxy groups -OCH3 is 1. The van der Waals surface area contributed by atoms with E-state index in [4.69, 9.17) is 16.3 Å². The molecule has 0 fully saturated rings. The van der Waals surface area contributed by atoms with Crippen LogP contribution >= 0.6 is 11.6 Å². The summed E-state index contributed by atoms with van der Waals surface area (Å²) in [5.41, 5.74) is 1.77. The van der Waals surface area contributed by atoms with Gasteiger partial charge >= 0.3 is 0 Å². The molecule has 2 N–H and O–H groups in total. The number of carbonyl (C=O) groups is 1. The van der Waals surface area contributed by atoms with Crippen LogP contribution in [0.1, 0.15) is 22.0 Å². The quantitative estimate of drug-likeness (QED) is 0.472. The van der Waals surface area contributed by atoms with Crippen LogP contribution < -0.4 is 14.8 Å². The molecular weight excluding hydrogens is 462 g/mol. The van der Waals surface area contributed by atoms with E-state index in [9.17, 15) is 13.2 Å². The van der Waals surface area contributed by atoms with Crippen LogP contribution in [0.25, 0.3) is 0 Å². The Kier molecular flexibility index (Phi) is 7.97. The number of sulfonamides is 1. The van der Waals surface area contributed by atoms with E-state index < -0.39 is 10.0 Å². The van der Waals surface area contributed by atoms with Crippen LogP contribution in [0, 0.1) is 0 Å². The van der Waals surface area contributed by atoms with Gasteiger partial charge < -0.3 is 15.0 Å². The fraction of sp³-hybridized carbons (Fsp3) is 0.208. The summed E-state index contributed by atoms with van der Waals surface area (Å²) in [6.45, 7) is 0.372. The molecule has 1 amide bonds. The first-order valence-corrected chi connectivity index (χ1v) is 12.0. The fourth-order valence-corrected chi connectivity index (χ4v) is 4.44. The minimum Gasteiger partial charge on any atom is -0.497 e. The molecule has 0 aliphatic heterocycles. The van der Waals surface area contributed by atoms with E-state index in [1.807, 2.05) is 43.3 Å². The van der Waals surface area contributed by atoms with E-state index in [0.717, 1.165) is 11.3 Å². The molecule has 0 aliphatic rings. The Morgan fingerprint density at radius 3 is 2.30 bits per heavy atom. The zero-order valence-corrected chi connectivity index (χ0v) is 20.2. The molecule has 3 aromatic rings. The summed E-state index contributed by atoms with van der Waals surface area (Å²) in [4.78, 5) is 14.7. The van der Waals surface area contributed by atoms with Crippen molar-refractivity contribution in [2.24, 2.45) is 0 Å². The summed E-state index contributed by atoms with van der Waals surface area (Å²) in [5.74, 6) is 0.453. The lowest BCUT2D eigenvalue weighted by Gasteiger charge is -2.25. The molecule has 1 unspecified atom stereocenters. The van der Waals surface area contributed by atoms with Crippen molar-refractivity contribution in [2.75, 3.05) is 32.5 Å². The molecule has 3 rings (SSSR count).